The van der Waals surface area contributed by atoms with Gasteiger partial charge in [-0.15, -0.1) is 0 Å². The van der Waals surface area contributed by atoms with Crippen molar-refractivity contribution >= 4 is 29.0 Å². The summed E-state index contributed by atoms with van der Waals surface area (Å²) in [6.45, 7) is 0.387. The van der Waals surface area contributed by atoms with Crippen LogP contribution in [0.25, 0.3) is 0 Å². The van der Waals surface area contributed by atoms with E-state index in [1.807, 2.05) is 19.3 Å². The Morgan fingerprint density at radius 3 is 2.81 bits per heavy atom. The molecular formula is C19H25N3O3S. The van der Waals surface area contributed by atoms with Crippen LogP contribution in [0.3, 0.4) is 0 Å². The van der Waals surface area contributed by atoms with Crippen LogP contribution in [-0.4, -0.2) is 53.5 Å². The summed E-state index contributed by atoms with van der Waals surface area (Å²) in [5.74, 6) is -0.246. The number of nitrogens with zero attached hydrogens (tertiary/aromatic N) is 2. The molecule has 0 bridgehead atoms. The van der Waals surface area contributed by atoms with Gasteiger partial charge in [-0.25, -0.2) is 0 Å². The maximum absolute atomic E-state index is 12.0. The molecule has 1 saturated heterocycles. The highest BCUT2D eigenvalue weighted by atomic mass is 32.1. The van der Waals surface area contributed by atoms with Crippen molar-refractivity contribution < 1.29 is 14.3 Å². The Bertz CT molecular complexity index is 666. The van der Waals surface area contributed by atoms with Gasteiger partial charge in [0.2, 0.25) is 0 Å². The zero-order valence-electron chi connectivity index (χ0n) is 15.1. The lowest BCUT2D eigenvalue weighted by molar-refractivity contribution is -0.158. The minimum Gasteiger partial charge on any atom is -0.382 e. The number of amides is 2. The molecule has 26 heavy (non-hydrogen) atoms. The maximum Gasteiger partial charge on any atom is 0.255 e. The molecule has 1 N–H and O–H groups in total. The number of imide groups is 1. The third-order valence-corrected chi connectivity index (χ3v) is 6.20. The first-order valence-corrected chi connectivity index (χ1v) is 9.54. The molecular weight excluding hydrogens is 350 g/mol. The number of carbonyl (C=O) groups is 2. The molecule has 6 nitrogen and oxygen atoms in total. The summed E-state index contributed by atoms with van der Waals surface area (Å²) in [7, 11) is 1.86. The zero-order chi connectivity index (χ0) is 18.6. The van der Waals surface area contributed by atoms with Crippen molar-refractivity contribution in [3.63, 3.8) is 0 Å². The van der Waals surface area contributed by atoms with E-state index >= 15 is 0 Å². The van der Waals surface area contributed by atoms with Crippen molar-refractivity contribution in [1.29, 1.82) is 0 Å². The Morgan fingerprint density at radius 2 is 2.15 bits per heavy atom. The average Bonchev–Trinajstić information content (AvgIpc) is 2.68. The first kappa shape index (κ1) is 18.9. The summed E-state index contributed by atoms with van der Waals surface area (Å²) in [6.07, 6.45) is 8.59. The molecule has 1 aliphatic heterocycles. The lowest BCUT2D eigenvalue weighted by Crippen LogP contribution is -2.51. The molecule has 2 amide bonds. The minimum atomic E-state index is -0.297. The summed E-state index contributed by atoms with van der Waals surface area (Å²) >= 11 is 5.76. The molecule has 0 radical (unpaired) electrons. The second-order valence-electron chi connectivity index (χ2n) is 6.96. The molecule has 1 aliphatic carbocycles. The normalized spacial score (nSPS) is 26.7. The van der Waals surface area contributed by atoms with Crippen molar-refractivity contribution in [3.8, 4) is 0 Å². The largest absolute Gasteiger partial charge is 0.382 e. The molecule has 0 aromatic carbocycles. The van der Waals surface area contributed by atoms with Crippen LogP contribution >= 0.6 is 12.2 Å². The molecule has 3 rings (SSSR count). The van der Waals surface area contributed by atoms with Crippen LogP contribution in [0.15, 0.2) is 24.5 Å². The molecule has 7 heteroatoms. The number of rotatable bonds is 5. The summed E-state index contributed by atoms with van der Waals surface area (Å²) in [5, 5.41) is 3.20. The standard InChI is InChI=1S/C19H25N3O3S/c1-20-18(26)19(15-6-4-9-21-11-15)8-3-2-5-14(19)7-10-22-16(23)12-25-13-17(22)24/h4,6,9,11,14H,2-3,5,7-8,10,12-13H2,1H3,(H,20,26)/t14-,19+/m1/s1. The highest BCUT2D eigenvalue weighted by molar-refractivity contribution is 7.80. The van der Waals surface area contributed by atoms with Gasteiger partial charge in [0, 0.05) is 31.4 Å². The number of hydrogen-bond donors (Lipinski definition) is 1. The van der Waals surface area contributed by atoms with Gasteiger partial charge in [0.1, 0.15) is 13.2 Å². The van der Waals surface area contributed by atoms with E-state index in [4.69, 9.17) is 17.0 Å². The Labute approximate surface area is 159 Å². The number of thiocarbonyl (C=S) groups is 1. The van der Waals surface area contributed by atoms with Crippen LogP contribution in [0, 0.1) is 5.92 Å². The predicted molar refractivity (Wildman–Crippen MR) is 102 cm³/mol. The molecule has 2 atom stereocenters. The molecule has 140 valence electrons. The van der Waals surface area contributed by atoms with Crippen LogP contribution in [0.4, 0.5) is 0 Å². The van der Waals surface area contributed by atoms with Gasteiger partial charge < -0.3 is 10.1 Å². The van der Waals surface area contributed by atoms with Crippen molar-refractivity contribution in [3.05, 3.63) is 30.1 Å². The first-order chi connectivity index (χ1) is 12.6. The van der Waals surface area contributed by atoms with E-state index in [2.05, 4.69) is 16.4 Å². The number of aromatic nitrogens is 1. The van der Waals surface area contributed by atoms with Gasteiger partial charge >= 0.3 is 0 Å². The highest BCUT2D eigenvalue weighted by Crippen LogP contribution is 2.46. The van der Waals surface area contributed by atoms with Gasteiger partial charge in [-0.3, -0.25) is 19.5 Å². The van der Waals surface area contributed by atoms with Crippen LogP contribution < -0.4 is 5.32 Å². The number of ether oxygens (including phenoxy) is 1. The summed E-state index contributed by atoms with van der Waals surface area (Å²) < 4.78 is 5.00. The van der Waals surface area contributed by atoms with E-state index in [1.54, 1.807) is 6.20 Å². The number of nitrogens with one attached hydrogen (secondary N) is 1. The number of morpholine rings is 1. The quantitative estimate of drug-likeness (QED) is 0.625. The molecule has 1 saturated carbocycles. The van der Waals surface area contributed by atoms with Crippen LogP contribution in [0.1, 0.15) is 37.7 Å². The van der Waals surface area contributed by atoms with Crippen LogP contribution in [-0.2, 0) is 19.7 Å². The third-order valence-electron chi connectivity index (χ3n) is 5.63. The van der Waals surface area contributed by atoms with Gasteiger partial charge in [0.15, 0.2) is 0 Å². The number of pyridine rings is 1. The Balaban J connectivity index is 1.86. The van der Waals surface area contributed by atoms with Crippen LogP contribution in [0.2, 0.25) is 0 Å². The maximum atomic E-state index is 12.0. The molecule has 0 spiro atoms. The highest BCUT2D eigenvalue weighted by Gasteiger charge is 2.45. The van der Waals surface area contributed by atoms with Crippen molar-refractivity contribution in [2.24, 2.45) is 5.92 Å². The van der Waals surface area contributed by atoms with Gasteiger partial charge in [0.05, 0.1) is 4.99 Å². The van der Waals surface area contributed by atoms with Gasteiger partial charge in [-0.05, 0) is 36.8 Å². The number of likely N-dealkylation sites (N-methyl/N-ethyl adjacent to an activating group) is 1. The molecule has 0 unspecified atom stereocenters. The molecule has 1 aromatic rings. The Morgan fingerprint density at radius 1 is 1.38 bits per heavy atom. The zero-order valence-corrected chi connectivity index (χ0v) is 15.9. The first-order valence-electron chi connectivity index (χ1n) is 9.13. The van der Waals surface area contributed by atoms with Gasteiger partial charge in [-0.1, -0.05) is 31.1 Å². The Hall–Kier alpha value is -1.86. The van der Waals surface area contributed by atoms with E-state index in [0.717, 1.165) is 42.7 Å². The number of carbonyl (C=O) groups excluding carboxylic acids is 2. The van der Waals surface area contributed by atoms with Crippen molar-refractivity contribution in [1.82, 2.24) is 15.2 Å². The SMILES string of the molecule is CNC(=S)[C@@]1(c2cccnc2)CCCC[C@@H]1CCN1C(=O)COCC1=O. The predicted octanol–water partition coefficient (Wildman–Crippen LogP) is 1.83. The van der Waals surface area contributed by atoms with Crippen molar-refractivity contribution in [2.45, 2.75) is 37.5 Å². The summed E-state index contributed by atoms with van der Waals surface area (Å²) in [5.41, 5.74) is 0.818. The van der Waals surface area contributed by atoms with Crippen molar-refractivity contribution in [2.75, 3.05) is 26.8 Å². The molecule has 2 fully saturated rings. The van der Waals surface area contributed by atoms with E-state index in [0.29, 0.717) is 6.54 Å². The lowest BCUT2D eigenvalue weighted by atomic mass is 9.61. The number of hydrogen-bond acceptors (Lipinski definition) is 5. The summed E-state index contributed by atoms with van der Waals surface area (Å²) in [6, 6.07) is 4.02. The third kappa shape index (κ3) is 3.50. The van der Waals surface area contributed by atoms with E-state index < -0.39 is 0 Å². The lowest BCUT2D eigenvalue weighted by Gasteiger charge is -2.45. The monoisotopic (exact) mass is 375 g/mol. The molecule has 2 heterocycles. The second kappa shape index (κ2) is 8.22. The average molecular weight is 375 g/mol. The van der Waals surface area contributed by atoms with E-state index in [-0.39, 0.29) is 36.4 Å². The molecule has 1 aromatic heterocycles. The Kier molecular flexibility index (Phi) is 5.98. The summed E-state index contributed by atoms with van der Waals surface area (Å²) in [4.78, 5) is 30.5. The van der Waals surface area contributed by atoms with E-state index in [9.17, 15) is 9.59 Å². The fraction of sp³-hybridized carbons (Fsp3) is 0.579. The van der Waals surface area contributed by atoms with E-state index in [1.165, 1.54) is 4.90 Å². The fourth-order valence-corrected chi connectivity index (χ4v) is 4.74. The van der Waals surface area contributed by atoms with Gasteiger partial charge in [0.25, 0.3) is 11.8 Å². The van der Waals surface area contributed by atoms with Crippen LogP contribution in [0.5, 0.6) is 0 Å². The fourth-order valence-electron chi connectivity index (χ4n) is 4.35. The topological polar surface area (TPSA) is 71.5 Å². The van der Waals surface area contributed by atoms with Gasteiger partial charge in [-0.2, -0.15) is 0 Å². The second-order valence-corrected chi connectivity index (χ2v) is 7.36. The smallest absolute Gasteiger partial charge is 0.255 e. The minimum absolute atomic E-state index is 0.0148. The molecule has 2 aliphatic rings.